The van der Waals surface area contributed by atoms with Crippen LogP contribution in [0.25, 0.3) is 0 Å². The van der Waals surface area contributed by atoms with Gasteiger partial charge in [-0.1, -0.05) is 60.3 Å². The zero-order chi connectivity index (χ0) is 12.6. The molecule has 0 fully saturated rings. The largest absolute Gasteiger partial charge is 0.311 e. The number of hydrogen-bond acceptors (Lipinski definition) is 1. The van der Waals surface area contributed by atoms with Gasteiger partial charge in [-0.3, -0.25) is 0 Å². The highest BCUT2D eigenvalue weighted by molar-refractivity contribution is 4.88. The van der Waals surface area contributed by atoms with Crippen LogP contribution in [-0.4, -0.2) is 12.1 Å². The van der Waals surface area contributed by atoms with Gasteiger partial charge < -0.3 is 5.32 Å². The molecule has 0 aliphatic carbocycles. The van der Waals surface area contributed by atoms with Gasteiger partial charge in [-0.15, -0.1) is 0 Å². The summed E-state index contributed by atoms with van der Waals surface area (Å²) in [5.41, 5.74) is 0.341. The maximum atomic E-state index is 3.83. The van der Waals surface area contributed by atoms with Gasteiger partial charge in [0.2, 0.25) is 0 Å². The number of hydrogen-bond donors (Lipinski definition) is 1. The van der Waals surface area contributed by atoms with Gasteiger partial charge in [0.15, 0.2) is 0 Å². The standard InChI is InChI=1S/C15H33N/c1-7-10-11-15(6,14(5)9-3)16-12-13(4)8-2/h13-14,16H,7-12H2,1-6H3. The van der Waals surface area contributed by atoms with Crippen LogP contribution in [0.5, 0.6) is 0 Å². The van der Waals surface area contributed by atoms with E-state index in [-0.39, 0.29) is 0 Å². The fourth-order valence-electron chi connectivity index (χ4n) is 2.06. The van der Waals surface area contributed by atoms with Crippen molar-refractivity contribution in [2.45, 2.75) is 79.2 Å². The van der Waals surface area contributed by atoms with Crippen molar-refractivity contribution < 1.29 is 0 Å². The Morgan fingerprint density at radius 3 is 2.12 bits per heavy atom. The first-order valence-electron chi connectivity index (χ1n) is 7.25. The highest BCUT2D eigenvalue weighted by Crippen LogP contribution is 2.26. The molecule has 16 heavy (non-hydrogen) atoms. The molecule has 0 aliphatic rings. The lowest BCUT2D eigenvalue weighted by atomic mass is 9.80. The van der Waals surface area contributed by atoms with Gasteiger partial charge in [0.25, 0.3) is 0 Å². The molecule has 0 aromatic heterocycles. The molecule has 0 aromatic carbocycles. The maximum Gasteiger partial charge on any atom is 0.0178 e. The summed E-state index contributed by atoms with van der Waals surface area (Å²) in [6.07, 6.45) is 6.51. The van der Waals surface area contributed by atoms with Gasteiger partial charge in [-0.25, -0.2) is 0 Å². The van der Waals surface area contributed by atoms with Gasteiger partial charge in [0.1, 0.15) is 0 Å². The summed E-state index contributed by atoms with van der Waals surface area (Å²) in [7, 11) is 0. The van der Waals surface area contributed by atoms with E-state index in [0.29, 0.717) is 5.54 Å². The first-order chi connectivity index (χ1) is 7.50. The van der Waals surface area contributed by atoms with E-state index in [1.807, 2.05) is 0 Å². The lowest BCUT2D eigenvalue weighted by Gasteiger charge is -2.38. The fraction of sp³-hybridized carbons (Fsp3) is 1.00. The van der Waals surface area contributed by atoms with Crippen molar-refractivity contribution in [1.82, 2.24) is 5.32 Å². The summed E-state index contributed by atoms with van der Waals surface area (Å²) in [6, 6.07) is 0. The average Bonchev–Trinajstić information content (AvgIpc) is 2.32. The second-order valence-corrected chi connectivity index (χ2v) is 5.72. The Hall–Kier alpha value is -0.0400. The summed E-state index contributed by atoms with van der Waals surface area (Å²) in [5.74, 6) is 1.56. The highest BCUT2D eigenvalue weighted by Gasteiger charge is 2.28. The van der Waals surface area contributed by atoms with Crippen LogP contribution in [0.15, 0.2) is 0 Å². The molecule has 0 saturated heterocycles. The van der Waals surface area contributed by atoms with Crippen LogP contribution in [0.1, 0.15) is 73.6 Å². The molecule has 0 aromatic rings. The lowest BCUT2D eigenvalue weighted by molar-refractivity contribution is 0.207. The van der Waals surface area contributed by atoms with Crippen molar-refractivity contribution in [3.63, 3.8) is 0 Å². The molecule has 0 spiro atoms. The maximum absolute atomic E-state index is 3.83. The van der Waals surface area contributed by atoms with Crippen molar-refractivity contribution in [3.8, 4) is 0 Å². The van der Waals surface area contributed by atoms with E-state index in [0.717, 1.165) is 11.8 Å². The van der Waals surface area contributed by atoms with Crippen molar-refractivity contribution in [2.24, 2.45) is 11.8 Å². The van der Waals surface area contributed by atoms with E-state index >= 15 is 0 Å². The molecular formula is C15H33N. The minimum absolute atomic E-state index is 0.341. The Labute approximate surface area is 103 Å². The molecule has 1 N–H and O–H groups in total. The first kappa shape index (κ1) is 16.0. The predicted octanol–water partition coefficient (Wildman–Crippen LogP) is 4.62. The Balaban J connectivity index is 4.28. The minimum Gasteiger partial charge on any atom is -0.311 e. The van der Waals surface area contributed by atoms with E-state index in [2.05, 4.69) is 46.9 Å². The van der Waals surface area contributed by atoms with Gasteiger partial charge in [-0.2, -0.15) is 0 Å². The van der Waals surface area contributed by atoms with Crippen molar-refractivity contribution in [1.29, 1.82) is 0 Å². The molecule has 0 aliphatic heterocycles. The molecule has 0 rings (SSSR count). The summed E-state index contributed by atoms with van der Waals surface area (Å²) in [4.78, 5) is 0. The molecule has 3 atom stereocenters. The summed E-state index contributed by atoms with van der Waals surface area (Å²) in [5, 5.41) is 3.83. The Bertz CT molecular complexity index is 167. The van der Waals surface area contributed by atoms with Crippen LogP contribution in [0, 0.1) is 11.8 Å². The van der Waals surface area contributed by atoms with Crippen LogP contribution in [0.3, 0.4) is 0 Å². The molecule has 3 unspecified atom stereocenters. The molecule has 0 bridgehead atoms. The molecule has 0 amide bonds. The second kappa shape index (κ2) is 8.11. The smallest absolute Gasteiger partial charge is 0.0178 e. The van der Waals surface area contributed by atoms with E-state index in [9.17, 15) is 0 Å². The van der Waals surface area contributed by atoms with E-state index in [1.165, 1.54) is 38.6 Å². The Kier molecular flexibility index (Phi) is 8.09. The third-order valence-corrected chi connectivity index (χ3v) is 4.30. The fourth-order valence-corrected chi connectivity index (χ4v) is 2.06. The molecule has 1 nitrogen and oxygen atoms in total. The summed E-state index contributed by atoms with van der Waals surface area (Å²) in [6.45, 7) is 15.2. The van der Waals surface area contributed by atoms with Gasteiger partial charge in [-0.05, 0) is 31.7 Å². The molecular weight excluding hydrogens is 194 g/mol. The van der Waals surface area contributed by atoms with Crippen LogP contribution in [0.4, 0.5) is 0 Å². The van der Waals surface area contributed by atoms with Crippen LogP contribution < -0.4 is 5.32 Å². The third-order valence-electron chi connectivity index (χ3n) is 4.30. The zero-order valence-electron chi connectivity index (χ0n) is 12.4. The van der Waals surface area contributed by atoms with Crippen molar-refractivity contribution >= 4 is 0 Å². The van der Waals surface area contributed by atoms with E-state index < -0.39 is 0 Å². The number of rotatable bonds is 9. The third kappa shape index (κ3) is 5.34. The summed E-state index contributed by atoms with van der Waals surface area (Å²) >= 11 is 0. The van der Waals surface area contributed by atoms with Crippen LogP contribution >= 0.6 is 0 Å². The highest BCUT2D eigenvalue weighted by atomic mass is 15.0. The normalized spacial score (nSPS) is 19.1. The predicted molar refractivity (Wildman–Crippen MR) is 74.8 cm³/mol. The quantitative estimate of drug-likeness (QED) is 0.606. The van der Waals surface area contributed by atoms with Gasteiger partial charge in [0, 0.05) is 5.54 Å². The minimum atomic E-state index is 0.341. The Morgan fingerprint density at radius 1 is 1.06 bits per heavy atom. The van der Waals surface area contributed by atoms with E-state index in [1.54, 1.807) is 0 Å². The Morgan fingerprint density at radius 2 is 1.69 bits per heavy atom. The SMILES string of the molecule is CCCCC(C)(NCC(C)CC)C(C)CC. The monoisotopic (exact) mass is 227 g/mol. The van der Waals surface area contributed by atoms with Crippen LogP contribution in [0.2, 0.25) is 0 Å². The molecule has 98 valence electrons. The van der Waals surface area contributed by atoms with Gasteiger partial charge >= 0.3 is 0 Å². The summed E-state index contributed by atoms with van der Waals surface area (Å²) < 4.78 is 0. The number of unbranched alkanes of at least 4 members (excludes halogenated alkanes) is 1. The van der Waals surface area contributed by atoms with Crippen molar-refractivity contribution in [2.75, 3.05) is 6.54 Å². The molecule has 1 heteroatoms. The number of nitrogens with one attached hydrogen (secondary N) is 1. The average molecular weight is 227 g/mol. The topological polar surface area (TPSA) is 12.0 Å². The van der Waals surface area contributed by atoms with Crippen molar-refractivity contribution in [3.05, 3.63) is 0 Å². The molecule has 0 heterocycles. The molecule has 0 radical (unpaired) electrons. The van der Waals surface area contributed by atoms with E-state index in [4.69, 9.17) is 0 Å². The second-order valence-electron chi connectivity index (χ2n) is 5.72. The van der Waals surface area contributed by atoms with Crippen LogP contribution in [-0.2, 0) is 0 Å². The molecule has 0 saturated carbocycles. The zero-order valence-corrected chi connectivity index (χ0v) is 12.4. The van der Waals surface area contributed by atoms with Gasteiger partial charge in [0.05, 0.1) is 0 Å². The lowest BCUT2D eigenvalue weighted by Crippen LogP contribution is -2.49. The first-order valence-corrected chi connectivity index (χ1v) is 7.25.